The lowest BCUT2D eigenvalue weighted by molar-refractivity contribution is 0.152. The Hall–Kier alpha value is -3.25. The molecule has 30 heavy (non-hydrogen) atoms. The van der Waals surface area contributed by atoms with Crippen LogP contribution in [-0.2, 0) is 0 Å². The van der Waals surface area contributed by atoms with E-state index in [1.807, 2.05) is 43.2 Å². The van der Waals surface area contributed by atoms with Crippen LogP contribution in [0.5, 0.6) is 0 Å². The van der Waals surface area contributed by atoms with Gasteiger partial charge in [0.15, 0.2) is 0 Å². The minimum Gasteiger partial charge on any atom is -0.341 e. The van der Waals surface area contributed by atoms with Gasteiger partial charge in [0.25, 0.3) is 6.43 Å². The third-order valence-electron chi connectivity index (χ3n) is 5.01. The fourth-order valence-corrected chi connectivity index (χ4v) is 4.75. The van der Waals surface area contributed by atoms with Gasteiger partial charge in [0.2, 0.25) is 0 Å². The number of aryl methyl sites for hydroxylation is 1. The molecule has 1 aromatic carbocycles. The number of halogens is 2. The highest BCUT2D eigenvalue weighted by molar-refractivity contribution is 7.17. The Bertz CT molecular complexity index is 1180. The average Bonchev–Trinajstić information content (AvgIpc) is 3.14. The largest absolute Gasteiger partial charge is 0.341 e. The van der Waals surface area contributed by atoms with Gasteiger partial charge in [0.1, 0.15) is 5.82 Å². The molecule has 0 fully saturated rings. The first-order valence-corrected chi connectivity index (χ1v) is 10.3. The van der Waals surface area contributed by atoms with Crippen LogP contribution >= 0.6 is 11.3 Å². The van der Waals surface area contributed by atoms with Gasteiger partial charge in [-0.15, -0.1) is 11.3 Å². The van der Waals surface area contributed by atoms with Gasteiger partial charge in [0.05, 0.1) is 28.1 Å². The Morgan fingerprint density at radius 2 is 1.97 bits per heavy atom. The number of allylic oxidation sites excluding steroid dienone is 1. The van der Waals surface area contributed by atoms with Crippen LogP contribution in [-0.4, -0.2) is 4.98 Å². The van der Waals surface area contributed by atoms with Gasteiger partial charge in [-0.1, -0.05) is 49.6 Å². The van der Waals surface area contributed by atoms with Gasteiger partial charge in [-0.05, 0) is 25.5 Å². The van der Waals surface area contributed by atoms with E-state index in [0.29, 0.717) is 11.4 Å². The molecular formula is C24H21F2N3S. The second-order valence-electron chi connectivity index (χ2n) is 6.98. The van der Waals surface area contributed by atoms with Crippen LogP contribution in [0.2, 0.25) is 0 Å². The minimum atomic E-state index is -2.54. The lowest BCUT2D eigenvalue weighted by Gasteiger charge is -2.34. The van der Waals surface area contributed by atoms with Crippen molar-refractivity contribution in [2.75, 3.05) is 10.2 Å². The summed E-state index contributed by atoms with van der Waals surface area (Å²) in [5, 5.41) is 3.31. The van der Waals surface area contributed by atoms with Crippen molar-refractivity contribution in [2.24, 2.45) is 0 Å². The summed E-state index contributed by atoms with van der Waals surface area (Å²) in [4.78, 5) is 7.92. The molecule has 1 N–H and O–H groups in total. The SMILES string of the molecule is C=C1Nc2cc(-c3ccccc3C(F)F)sc2C(=C)N1c1cncc(C)c1/C=C\C. The first-order valence-electron chi connectivity index (χ1n) is 9.46. The quantitative estimate of drug-likeness (QED) is 0.474. The maximum absolute atomic E-state index is 13.5. The van der Waals surface area contributed by atoms with Crippen molar-refractivity contribution in [1.29, 1.82) is 0 Å². The van der Waals surface area contributed by atoms with Crippen molar-refractivity contribution < 1.29 is 8.78 Å². The molecule has 3 aromatic rings. The number of benzene rings is 1. The molecule has 4 rings (SSSR count). The van der Waals surface area contributed by atoms with Gasteiger partial charge in [-0.25, -0.2) is 8.78 Å². The third-order valence-corrected chi connectivity index (χ3v) is 6.23. The molecule has 0 aliphatic carbocycles. The van der Waals surface area contributed by atoms with E-state index in [9.17, 15) is 8.78 Å². The number of thiophene rings is 1. The Morgan fingerprint density at radius 1 is 1.20 bits per heavy atom. The fraction of sp³-hybridized carbons (Fsp3) is 0.125. The predicted molar refractivity (Wildman–Crippen MR) is 123 cm³/mol. The second-order valence-corrected chi connectivity index (χ2v) is 8.04. The molecular weight excluding hydrogens is 400 g/mol. The Labute approximate surface area is 178 Å². The topological polar surface area (TPSA) is 28.2 Å². The number of hydrogen-bond acceptors (Lipinski definition) is 4. The molecule has 0 atom stereocenters. The number of rotatable bonds is 4. The number of nitrogens with one attached hydrogen (secondary N) is 1. The molecule has 152 valence electrons. The Balaban J connectivity index is 1.81. The van der Waals surface area contributed by atoms with E-state index in [1.54, 1.807) is 24.4 Å². The summed E-state index contributed by atoms with van der Waals surface area (Å²) in [5.41, 5.74) is 5.04. The standard InChI is InChI=1S/C24H21F2N3S/c1-5-8-17-14(2)12-27-13-21(17)29-15(3)23-20(28-16(29)4)11-22(30-23)18-9-6-7-10-19(18)24(25)26/h5-13,24,28H,3-4H2,1-2H3/b8-5-. The van der Waals surface area contributed by atoms with Crippen molar-refractivity contribution >= 4 is 34.5 Å². The molecule has 0 radical (unpaired) electrons. The van der Waals surface area contributed by atoms with Crippen LogP contribution in [0.3, 0.4) is 0 Å². The van der Waals surface area contributed by atoms with Crippen LogP contribution in [0.15, 0.2) is 67.8 Å². The Morgan fingerprint density at radius 3 is 2.70 bits per heavy atom. The first-order chi connectivity index (χ1) is 14.4. The summed E-state index contributed by atoms with van der Waals surface area (Å²) in [6, 6.07) is 8.48. The number of pyridine rings is 1. The number of anilines is 2. The number of nitrogens with zero attached hydrogens (tertiary/aromatic N) is 2. The zero-order valence-corrected chi connectivity index (χ0v) is 17.6. The highest BCUT2D eigenvalue weighted by atomic mass is 32.1. The molecule has 1 aliphatic rings. The monoisotopic (exact) mass is 421 g/mol. The van der Waals surface area contributed by atoms with Gasteiger partial charge >= 0.3 is 0 Å². The molecule has 2 aromatic heterocycles. The van der Waals surface area contributed by atoms with Crippen molar-refractivity contribution in [3.05, 3.63) is 89.3 Å². The highest BCUT2D eigenvalue weighted by Gasteiger charge is 2.29. The van der Waals surface area contributed by atoms with E-state index in [1.165, 1.54) is 17.4 Å². The molecule has 0 amide bonds. The second kappa shape index (κ2) is 7.88. The smallest absolute Gasteiger partial charge is 0.264 e. The maximum atomic E-state index is 13.5. The molecule has 0 spiro atoms. The van der Waals surface area contributed by atoms with Crippen LogP contribution in [0.25, 0.3) is 22.2 Å². The van der Waals surface area contributed by atoms with Crippen molar-refractivity contribution in [3.63, 3.8) is 0 Å². The number of hydrogen-bond donors (Lipinski definition) is 1. The minimum absolute atomic E-state index is 0.0237. The van der Waals surface area contributed by atoms with Gasteiger partial charge < -0.3 is 5.32 Å². The summed E-state index contributed by atoms with van der Waals surface area (Å²) in [5.74, 6) is 0.636. The van der Waals surface area contributed by atoms with Crippen LogP contribution < -0.4 is 10.2 Å². The molecule has 0 saturated carbocycles. The summed E-state index contributed by atoms with van der Waals surface area (Å²) >= 11 is 1.44. The average molecular weight is 422 g/mol. The fourth-order valence-electron chi connectivity index (χ4n) is 3.63. The van der Waals surface area contributed by atoms with E-state index in [0.717, 1.165) is 38.0 Å². The van der Waals surface area contributed by atoms with E-state index in [-0.39, 0.29) is 5.56 Å². The van der Waals surface area contributed by atoms with E-state index in [4.69, 9.17) is 0 Å². The maximum Gasteiger partial charge on any atom is 0.264 e. The van der Waals surface area contributed by atoms with Gasteiger partial charge in [-0.2, -0.15) is 0 Å². The van der Waals surface area contributed by atoms with Crippen molar-refractivity contribution in [1.82, 2.24) is 4.98 Å². The van der Waals surface area contributed by atoms with Gasteiger partial charge in [-0.3, -0.25) is 9.88 Å². The zero-order valence-electron chi connectivity index (χ0n) is 16.7. The lowest BCUT2D eigenvalue weighted by Crippen LogP contribution is -2.29. The molecule has 3 nitrogen and oxygen atoms in total. The van der Waals surface area contributed by atoms with E-state index >= 15 is 0 Å². The zero-order chi connectivity index (χ0) is 21.4. The Kier molecular flexibility index (Phi) is 5.26. The van der Waals surface area contributed by atoms with Crippen molar-refractivity contribution in [2.45, 2.75) is 20.3 Å². The molecule has 3 heterocycles. The summed E-state index contributed by atoms with van der Waals surface area (Å²) in [6.45, 7) is 12.4. The highest BCUT2D eigenvalue weighted by Crippen LogP contribution is 2.47. The predicted octanol–water partition coefficient (Wildman–Crippen LogP) is 7.46. The summed E-state index contributed by atoms with van der Waals surface area (Å²) in [6.07, 6.45) is 5.07. The molecule has 6 heteroatoms. The van der Waals surface area contributed by atoms with Crippen molar-refractivity contribution in [3.8, 4) is 10.4 Å². The number of fused-ring (bicyclic) bond motifs is 1. The summed E-state index contributed by atoms with van der Waals surface area (Å²) < 4.78 is 27.0. The first kappa shape index (κ1) is 20.0. The van der Waals surface area contributed by atoms with Crippen LogP contribution in [0, 0.1) is 6.92 Å². The van der Waals surface area contributed by atoms with Gasteiger partial charge in [0, 0.05) is 27.8 Å². The summed E-state index contributed by atoms with van der Waals surface area (Å²) in [7, 11) is 0. The normalized spacial score (nSPS) is 13.8. The molecule has 0 saturated heterocycles. The van der Waals surface area contributed by atoms with Crippen LogP contribution in [0.1, 0.15) is 34.9 Å². The lowest BCUT2D eigenvalue weighted by atomic mass is 10.1. The molecule has 0 unspecified atom stereocenters. The third kappa shape index (κ3) is 3.33. The number of aromatic nitrogens is 1. The van der Waals surface area contributed by atoms with E-state index < -0.39 is 6.43 Å². The molecule has 1 aliphatic heterocycles. The number of alkyl halides is 2. The van der Waals surface area contributed by atoms with Crippen LogP contribution in [0.4, 0.5) is 20.2 Å². The van der Waals surface area contributed by atoms with E-state index in [2.05, 4.69) is 23.5 Å². The molecule has 0 bridgehead atoms.